The monoisotopic (exact) mass is 337 g/mol. The summed E-state index contributed by atoms with van der Waals surface area (Å²) >= 11 is 1.49. The van der Waals surface area contributed by atoms with Crippen LogP contribution < -0.4 is 0 Å². The second-order valence-corrected chi connectivity index (χ2v) is 5.07. The summed E-state index contributed by atoms with van der Waals surface area (Å²) in [5.74, 6) is 1.09. The molecule has 0 saturated heterocycles. The van der Waals surface area contributed by atoms with Gasteiger partial charge in [-0.3, -0.25) is 0 Å². The van der Waals surface area contributed by atoms with Gasteiger partial charge in [-0.1, -0.05) is 0 Å². The molecule has 1 heterocycles. The average molecular weight is 337 g/mol. The molecule has 4 heteroatoms. The quantitative estimate of drug-likeness (QED) is 0.700. The van der Waals surface area contributed by atoms with Crippen molar-refractivity contribution in [3.63, 3.8) is 0 Å². The molecule has 68 valence electrons. The summed E-state index contributed by atoms with van der Waals surface area (Å²) in [6.07, 6.45) is 0. The summed E-state index contributed by atoms with van der Waals surface area (Å²) < 4.78 is 1.37. The molecule has 0 atom stereocenters. The normalized spacial score (nSPS) is 22.0. The zero-order valence-electron chi connectivity index (χ0n) is 8.25. The minimum atomic E-state index is 0.00366. The summed E-state index contributed by atoms with van der Waals surface area (Å²) in [7, 11) is 4.09. The summed E-state index contributed by atoms with van der Waals surface area (Å²) in [6, 6.07) is 0. The van der Waals surface area contributed by atoms with E-state index >= 15 is 0 Å². The molecular formula is C8H15N3W. The molecule has 0 N–H and O–H groups in total. The van der Waals surface area contributed by atoms with Crippen LogP contribution in [0.3, 0.4) is 0 Å². The van der Waals surface area contributed by atoms with Gasteiger partial charge in [0, 0.05) is 0 Å². The Kier molecular flexibility index (Phi) is 2.55. The Bertz CT molecular complexity index is 243. The summed E-state index contributed by atoms with van der Waals surface area (Å²) in [5.41, 5.74) is 0.00366. The number of hydrazine groups is 1. The van der Waals surface area contributed by atoms with Crippen molar-refractivity contribution in [3.05, 3.63) is 0 Å². The molecule has 0 spiro atoms. The molecule has 0 fully saturated rings. The van der Waals surface area contributed by atoms with Gasteiger partial charge in [-0.25, -0.2) is 0 Å². The predicted octanol–water partition coefficient (Wildman–Crippen LogP) is 0.652. The zero-order valence-corrected chi connectivity index (χ0v) is 11.2. The van der Waals surface area contributed by atoms with E-state index in [2.05, 4.69) is 35.8 Å². The molecule has 0 bridgehead atoms. The molecule has 0 aromatic rings. The van der Waals surface area contributed by atoms with E-state index in [-0.39, 0.29) is 5.54 Å². The van der Waals surface area contributed by atoms with Crippen LogP contribution in [0.4, 0.5) is 0 Å². The molecule has 3 nitrogen and oxygen atoms in total. The van der Waals surface area contributed by atoms with Gasteiger partial charge in [-0.05, 0) is 0 Å². The number of hydrogen-bond donors (Lipinski definition) is 0. The molecule has 0 aliphatic carbocycles. The number of amidine groups is 1. The van der Waals surface area contributed by atoms with Gasteiger partial charge in [0.05, 0.1) is 0 Å². The Hall–Kier alpha value is -0.0117. The first-order chi connectivity index (χ1) is 5.36. The Balaban J connectivity index is 2.97. The summed E-state index contributed by atoms with van der Waals surface area (Å²) in [5, 5.41) is 4.26. The van der Waals surface area contributed by atoms with E-state index in [1.54, 1.807) is 0 Å². The van der Waals surface area contributed by atoms with Crippen molar-refractivity contribution in [1.82, 2.24) is 10.0 Å². The molecule has 0 aromatic carbocycles. The van der Waals surface area contributed by atoms with E-state index < -0.39 is 0 Å². The molecule has 1 rings (SSSR count). The van der Waals surface area contributed by atoms with Crippen LogP contribution in [0.5, 0.6) is 0 Å². The van der Waals surface area contributed by atoms with Crippen molar-refractivity contribution in [2.75, 3.05) is 14.1 Å². The third-order valence-corrected chi connectivity index (χ3v) is 4.28. The second kappa shape index (κ2) is 3.04. The SMILES string of the molecule is CC1=NC(C)(C)[C](=[W])N1N(C)C. The summed E-state index contributed by atoms with van der Waals surface area (Å²) in [4.78, 5) is 4.59. The summed E-state index contributed by atoms with van der Waals surface area (Å²) in [6.45, 7) is 6.36. The van der Waals surface area contributed by atoms with Gasteiger partial charge < -0.3 is 0 Å². The third kappa shape index (κ3) is 1.53. The van der Waals surface area contributed by atoms with Gasteiger partial charge >= 0.3 is 84.6 Å². The number of hydrogen-bond acceptors (Lipinski definition) is 3. The Morgan fingerprint density at radius 3 is 2.08 bits per heavy atom. The van der Waals surface area contributed by atoms with Gasteiger partial charge in [0.2, 0.25) is 0 Å². The van der Waals surface area contributed by atoms with Crippen molar-refractivity contribution < 1.29 is 19.4 Å². The van der Waals surface area contributed by atoms with Crippen molar-refractivity contribution in [3.8, 4) is 0 Å². The van der Waals surface area contributed by atoms with Gasteiger partial charge in [-0.15, -0.1) is 0 Å². The van der Waals surface area contributed by atoms with Crippen molar-refractivity contribution in [2.24, 2.45) is 4.99 Å². The molecule has 1 aliphatic heterocycles. The molecule has 0 aromatic heterocycles. The van der Waals surface area contributed by atoms with E-state index in [0.29, 0.717) is 0 Å². The van der Waals surface area contributed by atoms with E-state index in [9.17, 15) is 0 Å². The predicted molar refractivity (Wildman–Crippen MR) is 47.7 cm³/mol. The average Bonchev–Trinajstić information content (AvgIpc) is 2.02. The van der Waals surface area contributed by atoms with Crippen LogP contribution >= 0.6 is 0 Å². The van der Waals surface area contributed by atoms with Crippen LogP contribution in [0.25, 0.3) is 0 Å². The van der Waals surface area contributed by atoms with Gasteiger partial charge in [0.1, 0.15) is 0 Å². The Labute approximate surface area is 84.8 Å². The van der Waals surface area contributed by atoms with E-state index in [1.807, 2.05) is 14.1 Å². The van der Waals surface area contributed by atoms with E-state index in [0.717, 1.165) is 5.84 Å². The number of aliphatic imine (C=N–C) groups is 1. The van der Waals surface area contributed by atoms with Crippen LogP contribution in [0.1, 0.15) is 20.8 Å². The number of rotatable bonds is 1. The Morgan fingerprint density at radius 1 is 1.42 bits per heavy atom. The fraction of sp³-hybridized carbons (Fsp3) is 0.750. The van der Waals surface area contributed by atoms with Crippen LogP contribution in [-0.4, -0.2) is 39.5 Å². The molecule has 0 saturated carbocycles. The maximum atomic E-state index is 4.59. The molecular weight excluding hydrogens is 322 g/mol. The molecule has 0 unspecified atom stereocenters. The van der Waals surface area contributed by atoms with Crippen LogP contribution in [0.15, 0.2) is 4.99 Å². The minimum absolute atomic E-state index is 0.00366. The number of nitrogens with zero attached hydrogens (tertiary/aromatic N) is 3. The topological polar surface area (TPSA) is 18.8 Å². The standard InChI is InChI=1S/C8H15N3.W/c1-7-9-8(2,3)6-11(7)10(4)5;/h1-5H3;. The van der Waals surface area contributed by atoms with Crippen molar-refractivity contribution in [2.45, 2.75) is 26.3 Å². The zero-order chi connectivity index (χ0) is 9.52. The van der Waals surface area contributed by atoms with Crippen LogP contribution in [0.2, 0.25) is 0 Å². The molecule has 12 heavy (non-hydrogen) atoms. The molecule has 0 amide bonds. The van der Waals surface area contributed by atoms with E-state index in [4.69, 9.17) is 0 Å². The van der Waals surface area contributed by atoms with Crippen molar-refractivity contribution in [1.29, 1.82) is 0 Å². The van der Waals surface area contributed by atoms with Crippen molar-refractivity contribution >= 4 is 9.86 Å². The third-order valence-electron chi connectivity index (χ3n) is 1.86. The first kappa shape index (κ1) is 10.1. The Morgan fingerprint density at radius 2 is 1.92 bits per heavy atom. The maximum absolute atomic E-state index is 4.59. The molecule has 0 radical (unpaired) electrons. The van der Waals surface area contributed by atoms with Gasteiger partial charge in [0.15, 0.2) is 0 Å². The first-order valence-corrected chi connectivity index (χ1v) is 5.41. The van der Waals surface area contributed by atoms with E-state index in [1.165, 1.54) is 23.4 Å². The fourth-order valence-corrected chi connectivity index (χ4v) is 2.60. The fourth-order valence-electron chi connectivity index (χ4n) is 1.38. The van der Waals surface area contributed by atoms with Gasteiger partial charge in [0.25, 0.3) is 0 Å². The van der Waals surface area contributed by atoms with Gasteiger partial charge in [-0.2, -0.15) is 0 Å². The van der Waals surface area contributed by atoms with Crippen LogP contribution in [0, 0.1) is 0 Å². The second-order valence-electron chi connectivity index (χ2n) is 3.68. The molecule has 1 aliphatic rings. The first-order valence-electron chi connectivity index (χ1n) is 3.94. The van der Waals surface area contributed by atoms with Crippen LogP contribution in [-0.2, 0) is 19.4 Å².